The van der Waals surface area contributed by atoms with Gasteiger partial charge < -0.3 is 9.72 Å². The molecule has 0 amide bonds. The number of aromatic amines is 1. The van der Waals surface area contributed by atoms with Gasteiger partial charge in [-0.05, 0) is 56.7 Å². The lowest BCUT2D eigenvalue weighted by Crippen LogP contribution is -2.03. The van der Waals surface area contributed by atoms with Crippen molar-refractivity contribution >= 4 is 39.3 Å². The monoisotopic (exact) mass is 372 g/mol. The lowest BCUT2D eigenvalue weighted by atomic mass is 10.1. The number of carbonyl (C=O) groups excluding carboxylic acids is 1. The van der Waals surface area contributed by atoms with Crippen LogP contribution in [0.4, 0.5) is 11.4 Å². The second-order valence-electron chi connectivity index (χ2n) is 6.53. The van der Waals surface area contributed by atoms with Gasteiger partial charge in [0, 0.05) is 16.3 Å². The van der Waals surface area contributed by atoms with Gasteiger partial charge in [-0.2, -0.15) is 5.11 Å². The van der Waals surface area contributed by atoms with Gasteiger partial charge >= 0.3 is 5.97 Å². The van der Waals surface area contributed by atoms with E-state index in [2.05, 4.69) is 26.3 Å². The van der Waals surface area contributed by atoms with E-state index in [4.69, 9.17) is 4.74 Å². The maximum absolute atomic E-state index is 11.7. The third kappa shape index (κ3) is 3.13. The maximum Gasteiger partial charge on any atom is 0.338 e. The van der Waals surface area contributed by atoms with Crippen LogP contribution < -0.4 is 0 Å². The average molecular weight is 372 g/mol. The number of azo groups is 1. The molecule has 2 aromatic heterocycles. The van der Waals surface area contributed by atoms with Crippen LogP contribution >= 0.6 is 0 Å². The average Bonchev–Trinajstić information content (AvgIpc) is 3.06. The summed E-state index contributed by atoms with van der Waals surface area (Å²) in [5.41, 5.74) is 5.66. The van der Waals surface area contributed by atoms with Crippen molar-refractivity contribution in [1.82, 2.24) is 9.97 Å². The number of aryl methyl sites for hydroxylation is 2. The number of para-hydroxylation sites is 1. The lowest BCUT2D eigenvalue weighted by molar-refractivity contribution is 0.0526. The summed E-state index contributed by atoms with van der Waals surface area (Å²) in [7, 11) is 0. The molecule has 4 rings (SSSR count). The molecule has 6 heteroatoms. The second kappa shape index (κ2) is 7.23. The topological polar surface area (TPSA) is 79.7 Å². The lowest BCUT2D eigenvalue weighted by Gasteiger charge is -2.05. The highest BCUT2D eigenvalue weighted by molar-refractivity contribution is 6.08. The van der Waals surface area contributed by atoms with Crippen LogP contribution in [0.5, 0.6) is 0 Å². The number of pyridine rings is 1. The van der Waals surface area contributed by atoms with Crippen molar-refractivity contribution in [2.24, 2.45) is 10.2 Å². The standard InChI is InChI=1S/C22H20N4O2/c1-4-28-22(27)15-9-11-16(12-10-15)25-26-20-13(2)19-17-7-5-6-8-18(17)24-21(19)23-14(20)3/h5-12H,4H2,1-3H3,(H,23,24). The fourth-order valence-electron chi connectivity index (χ4n) is 3.34. The summed E-state index contributed by atoms with van der Waals surface area (Å²) in [6.07, 6.45) is 0. The smallest absolute Gasteiger partial charge is 0.338 e. The molecule has 0 spiro atoms. The summed E-state index contributed by atoms with van der Waals surface area (Å²) in [6, 6.07) is 15.0. The SMILES string of the molecule is CCOC(=O)c1ccc(N=Nc2c(C)nc3[nH]c4ccccc4c3c2C)cc1. The molecule has 28 heavy (non-hydrogen) atoms. The van der Waals surface area contributed by atoms with E-state index >= 15 is 0 Å². The first kappa shape index (κ1) is 17.9. The number of nitrogens with zero attached hydrogens (tertiary/aromatic N) is 3. The summed E-state index contributed by atoms with van der Waals surface area (Å²) in [6.45, 7) is 6.09. The molecule has 2 aromatic carbocycles. The highest BCUT2D eigenvalue weighted by atomic mass is 16.5. The summed E-state index contributed by atoms with van der Waals surface area (Å²) in [5.74, 6) is -0.341. The van der Waals surface area contributed by atoms with Crippen LogP contribution in [0.2, 0.25) is 0 Å². The van der Waals surface area contributed by atoms with Gasteiger partial charge in [-0.1, -0.05) is 18.2 Å². The number of aromatic nitrogens is 2. The third-order valence-corrected chi connectivity index (χ3v) is 4.68. The second-order valence-corrected chi connectivity index (χ2v) is 6.53. The Labute approximate surface area is 162 Å². The first-order valence-electron chi connectivity index (χ1n) is 9.15. The fourth-order valence-corrected chi connectivity index (χ4v) is 3.34. The van der Waals surface area contributed by atoms with E-state index < -0.39 is 0 Å². The number of esters is 1. The molecular weight excluding hydrogens is 352 g/mol. The number of fused-ring (bicyclic) bond motifs is 3. The van der Waals surface area contributed by atoms with E-state index in [1.54, 1.807) is 31.2 Å². The van der Waals surface area contributed by atoms with Crippen molar-refractivity contribution in [1.29, 1.82) is 0 Å². The Morgan fingerprint density at radius 2 is 1.82 bits per heavy atom. The zero-order valence-electron chi connectivity index (χ0n) is 16.0. The van der Waals surface area contributed by atoms with Gasteiger partial charge in [0.25, 0.3) is 0 Å². The first-order chi connectivity index (χ1) is 13.6. The Balaban J connectivity index is 1.71. The van der Waals surface area contributed by atoms with E-state index in [1.807, 2.05) is 32.0 Å². The molecule has 0 bridgehead atoms. The van der Waals surface area contributed by atoms with Gasteiger partial charge in [0.15, 0.2) is 0 Å². The molecule has 4 aromatic rings. The zero-order valence-corrected chi connectivity index (χ0v) is 16.0. The van der Waals surface area contributed by atoms with Crippen molar-refractivity contribution in [3.63, 3.8) is 0 Å². The first-order valence-corrected chi connectivity index (χ1v) is 9.15. The molecule has 2 heterocycles. The molecule has 0 aliphatic heterocycles. The maximum atomic E-state index is 11.7. The van der Waals surface area contributed by atoms with Crippen LogP contribution in [0, 0.1) is 13.8 Å². The van der Waals surface area contributed by atoms with Crippen LogP contribution in [0.25, 0.3) is 21.9 Å². The molecule has 0 aliphatic carbocycles. The van der Waals surface area contributed by atoms with Crippen molar-refractivity contribution in [3.8, 4) is 0 Å². The van der Waals surface area contributed by atoms with Crippen LogP contribution in [0.1, 0.15) is 28.5 Å². The molecule has 0 unspecified atom stereocenters. The van der Waals surface area contributed by atoms with Gasteiger partial charge in [-0.25, -0.2) is 9.78 Å². The number of hydrogen-bond donors (Lipinski definition) is 1. The van der Waals surface area contributed by atoms with Crippen LogP contribution in [0.3, 0.4) is 0 Å². The minimum atomic E-state index is -0.341. The summed E-state index contributed by atoms with van der Waals surface area (Å²) >= 11 is 0. The molecule has 0 saturated carbocycles. The molecule has 6 nitrogen and oxygen atoms in total. The summed E-state index contributed by atoms with van der Waals surface area (Å²) in [4.78, 5) is 19.8. The van der Waals surface area contributed by atoms with Crippen LogP contribution in [-0.2, 0) is 4.74 Å². The number of nitrogens with one attached hydrogen (secondary N) is 1. The number of carbonyl (C=O) groups is 1. The number of ether oxygens (including phenoxy) is 1. The van der Waals surface area contributed by atoms with Gasteiger partial charge in [0.2, 0.25) is 0 Å². The molecular formula is C22H20N4O2. The predicted octanol–water partition coefficient (Wildman–Crippen LogP) is 5.93. The molecule has 0 atom stereocenters. The van der Waals surface area contributed by atoms with E-state index in [0.29, 0.717) is 17.9 Å². The Morgan fingerprint density at radius 3 is 2.57 bits per heavy atom. The molecule has 0 fully saturated rings. The Bertz CT molecular complexity index is 1210. The highest BCUT2D eigenvalue weighted by Crippen LogP contribution is 2.34. The van der Waals surface area contributed by atoms with E-state index in [1.165, 1.54) is 0 Å². The number of rotatable bonds is 4. The van der Waals surface area contributed by atoms with E-state index in [-0.39, 0.29) is 5.97 Å². The van der Waals surface area contributed by atoms with Crippen LogP contribution in [0.15, 0.2) is 58.8 Å². The van der Waals surface area contributed by atoms with E-state index in [0.717, 1.165) is 38.9 Å². The summed E-state index contributed by atoms with van der Waals surface area (Å²) < 4.78 is 4.99. The van der Waals surface area contributed by atoms with Crippen molar-refractivity contribution in [2.75, 3.05) is 6.61 Å². The van der Waals surface area contributed by atoms with E-state index in [9.17, 15) is 4.79 Å². The fraction of sp³-hybridized carbons (Fsp3) is 0.182. The molecule has 0 radical (unpaired) electrons. The van der Waals surface area contributed by atoms with Gasteiger partial charge in [0.1, 0.15) is 11.3 Å². The Morgan fingerprint density at radius 1 is 1.07 bits per heavy atom. The van der Waals surface area contributed by atoms with Crippen molar-refractivity contribution in [2.45, 2.75) is 20.8 Å². The molecule has 0 saturated heterocycles. The number of hydrogen-bond acceptors (Lipinski definition) is 5. The highest BCUT2D eigenvalue weighted by Gasteiger charge is 2.14. The van der Waals surface area contributed by atoms with Crippen LogP contribution in [-0.4, -0.2) is 22.5 Å². The quantitative estimate of drug-likeness (QED) is 0.356. The minimum absolute atomic E-state index is 0.341. The normalized spacial score (nSPS) is 11.5. The molecule has 140 valence electrons. The largest absolute Gasteiger partial charge is 0.462 e. The summed E-state index contributed by atoms with van der Waals surface area (Å²) in [5, 5.41) is 11.0. The third-order valence-electron chi connectivity index (χ3n) is 4.68. The van der Waals surface area contributed by atoms with Crippen molar-refractivity contribution < 1.29 is 9.53 Å². The van der Waals surface area contributed by atoms with Crippen molar-refractivity contribution in [3.05, 3.63) is 65.4 Å². The zero-order chi connectivity index (χ0) is 19.7. The van der Waals surface area contributed by atoms with Gasteiger partial charge in [-0.15, -0.1) is 5.11 Å². The predicted molar refractivity (Wildman–Crippen MR) is 110 cm³/mol. The molecule has 0 aliphatic rings. The Hall–Kier alpha value is -3.54. The minimum Gasteiger partial charge on any atom is -0.462 e. The number of benzene rings is 2. The van der Waals surface area contributed by atoms with Gasteiger partial charge in [-0.3, -0.25) is 0 Å². The van der Waals surface area contributed by atoms with Gasteiger partial charge in [0.05, 0.1) is 23.6 Å². The molecule has 1 N–H and O–H groups in total. The Kier molecular flexibility index (Phi) is 4.61. The number of H-pyrrole nitrogens is 1.